The van der Waals surface area contributed by atoms with Crippen LogP contribution >= 0.6 is 0 Å². The molecular formula is C13H23N5O. The molecule has 0 aliphatic heterocycles. The standard InChI is InChI=1S/C13H23N5O/c1-5-10-12(14-4)17-8-18-13(10)16-7-11(19)15-6-9(2)3/h8-9H,5-7H2,1-4H3,(H,15,19)(H2,14,16,17,18). The fraction of sp³-hybridized carbons (Fsp3) is 0.615. The van der Waals surface area contributed by atoms with E-state index in [0.717, 1.165) is 17.8 Å². The zero-order valence-electron chi connectivity index (χ0n) is 12.1. The van der Waals surface area contributed by atoms with Crippen LogP contribution in [0.4, 0.5) is 11.6 Å². The second-order valence-electron chi connectivity index (χ2n) is 4.70. The van der Waals surface area contributed by atoms with Crippen molar-refractivity contribution >= 4 is 17.5 Å². The predicted octanol–water partition coefficient (Wildman–Crippen LogP) is 1.26. The first-order valence-corrected chi connectivity index (χ1v) is 6.60. The molecule has 0 atom stereocenters. The van der Waals surface area contributed by atoms with Crippen LogP contribution in [0, 0.1) is 5.92 Å². The van der Waals surface area contributed by atoms with E-state index in [-0.39, 0.29) is 12.5 Å². The molecule has 3 N–H and O–H groups in total. The molecule has 0 radical (unpaired) electrons. The number of nitrogens with one attached hydrogen (secondary N) is 3. The van der Waals surface area contributed by atoms with E-state index in [1.54, 1.807) is 0 Å². The maximum atomic E-state index is 11.6. The summed E-state index contributed by atoms with van der Waals surface area (Å²) in [4.78, 5) is 20.0. The summed E-state index contributed by atoms with van der Waals surface area (Å²) in [5.41, 5.74) is 0.988. The summed E-state index contributed by atoms with van der Waals surface area (Å²) < 4.78 is 0. The zero-order valence-corrected chi connectivity index (χ0v) is 12.1. The quantitative estimate of drug-likeness (QED) is 0.692. The van der Waals surface area contributed by atoms with Gasteiger partial charge in [-0.1, -0.05) is 20.8 Å². The van der Waals surface area contributed by atoms with Crippen LogP contribution in [0.3, 0.4) is 0 Å². The van der Waals surface area contributed by atoms with Crippen molar-refractivity contribution in [1.82, 2.24) is 15.3 Å². The topological polar surface area (TPSA) is 78.9 Å². The molecule has 0 aliphatic carbocycles. The summed E-state index contributed by atoms with van der Waals surface area (Å²) in [5, 5.41) is 8.94. The average molecular weight is 265 g/mol. The highest BCUT2D eigenvalue weighted by atomic mass is 16.1. The van der Waals surface area contributed by atoms with E-state index in [0.29, 0.717) is 18.3 Å². The molecule has 0 bridgehead atoms. The Kier molecular flexibility index (Phi) is 6.05. The maximum absolute atomic E-state index is 11.6. The number of rotatable bonds is 7. The number of carbonyl (C=O) groups is 1. The Balaban J connectivity index is 2.60. The lowest BCUT2D eigenvalue weighted by Crippen LogP contribution is -2.32. The number of aromatic nitrogens is 2. The summed E-state index contributed by atoms with van der Waals surface area (Å²) >= 11 is 0. The van der Waals surface area contributed by atoms with Crippen molar-refractivity contribution in [2.24, 2.45) is 5.92 Å². The number of nitrogens with zero attached hydrogens (tertiary/aromatic N) is 2. The molecule has 0 spiro atoms. The number of amides is 1. The molecule has 0 saturated carbocycles. The molecule has 0 unspecified atom stereocenters. The molecule has 0 fully saturated rings. The van der Waals surface area contributed by atoms with Crippen molar-refractivity contribution in [3.05, 3.63) is 11.9 Å². The maximum Gasteiger partial charge on any atom is 0.239 e. The molecule has 106 valence electrons. The molecule has 0 saturated heterocycles. The van der Waals surface area contributed by atoms with Crippen molar-refractivity contribution in [3.63, 3.8) is 0 Å². The van der Waals surface area contributed by atoms with Crippen molar-refractivity contribution in [3.8, 4) is 0 Å². The van der Waals surface area contributed by atoms with Crippen molar-refractivity contribution in [2.75, 3.05) is 30.8 Å². The Hall–Kier alpha value is -1.85. The summed E-state index contributed by atoms with van der Waals surface area (Å²) in [5.74, 6) is 1.93. The van der Waals surface area contributed by atoms with E-state index in [4.69, 9.17) is 0 Å². The van der Waals surface area contributed by atoms with Gasteiger partial charge in [0.1, 0.15) is 18.0 Å². The van der Waals surface area contributed by atoms with Gasteiger partial charge >= 0.3 is 0 Å². The number of anilines is 2. The minimum atomic E-state index is -0.0274. The first-order chi connectivity index (χ1) is 9.08. The van der Waals surface area contributed by atoms with Gasteiger partial charge in [0.25, 0.3) is 0 Å². The van der Waals surface area contributed by atoms with Gasteiger partial charge in [-0.05, 0) is 12.3 Å². The molecule has 19 heavy (non-hydrogen) atoms. The van der Waals surface area contributed by atoms with E-state index in [1.807, 2.05) is 14.0 Å². The molecule has 1 aromatic rings. The lowest BCUT2D eigenvalue weighted by atomic mass is 10.2. The third-order valence-corrected chi connectivity index (χ3v) is 2.66. The van der Waals surface area contributed by atoms with Crippen LogP contribution in [-0.4, -0.2) is 36.0 Å². The molecule has 0 aliphatic rings. The van der Waals surface area contributed by atoms with Crippen molar-refractivity contribution in [2.45, 2.75) is 27.2 Å². The smallest absolute Gasteiger partial charge is 0.239 e. The lowest BCUT2D eigenvalue weighted by Gasteiger charge is -2.13. The number of hydrogen-bond donors (Lipinski definition) is 3. The molecule has 6 nitrogen and oxygen atoms in total. The van der Waals surface area contributed by atoms with Gasteiger partial charge in [0.05, 0.1) is 6.54 Å². The fourth-order valence-corrected chi connectivity index (χ4v) is 1.66. The summed E-state index contributed by atoms with van der Waals surface area (Å²) in [6.45, 7) is 7.06. The molecule has 1 amide bonds. The Labute approximate surface area is 114 Å². The minimum absolute atomic E-state index is 0.0274. The number of hydrogen-bond acceptors (Lipinski definition) is 5. The highest BCUT2D eigenvalue weighted by molar-refractivity contribution is 5.80. The van der Waals surface area contributed by atoms with Crippen LogP contribution in [0.1, 0.15) is 26.3 Å². The molecule has 1 heterocycles. The second kappa shape index (κ2) is 7.56. The van der Waals surface area contributed by atoms with E-state index in [1.165, 1.54) is 6.33 Å². The van der Waals surface area contributed by atoms with Crippen LogP contribution in [0.25, 0.3) is 0 Å². The third kappa shape index (κ3) is 4.73. The number of carbonyl (C=O) groups excluding carboxylic acids is 1. The summed E-state index contributed by atoms with van der Waals surface area (Å²) in [6, 6.07) is 0. The van der Waals surface area contributed by atoms with Crippen LogP contribution in [0.15, 0.2) is 6.33 Å². The largest absolute Gasteiger partial charge is 0.373 e. The van der Waals surface area contributed by atoms with E-state index in [2.05, 4.69) is 39.8 Å². The van der Waals surface area contributed by atoms with Crippen molar-refractivity contribution in [1.29, 1.82) is 0 Å². The fourth-order valence-electron chi connectivity index (χ4n) is 1.66. The molecular weight excluding hydrogens is 242 g/mol. The monoisotopic (exact) mass is 265 g/mol. The Morgan fingerprint density at radius 2 is 2.00 bits per heavy atom. The summed E-state index contributed by atoms with van der Waals surface area (Å²) in [6.07, 6.45) is 2.28. The van der Waals surface area contributed by atoms with Gasteiger partial charge in [0, 0.05) is 19.2 Å². The predicted molar refractivity (Wildman–Crippen MR) is 77.3 cm³/mol. The van der Waals surface area contributed by atoms with Gasteiger partial charge in [0.15, 0.2) is 0 Å². The first kappa shape index (κ1) is 15.2. The van der Waals surface area contributed by atoms with Crippen LogP contribution in [0.2, 0.25) is 0 Å². The Morgan fingerprint density at radius 3 is 2.58 bits per heavy atom. The Bertz CT molecular complexity index is 419. The summed E-state index contributed by atoms with van der Waals surface area (Å²) in [7, 11) is 1.82. The zero-order chi connectivity index (χ0) is 14.3. The average Bonchev–Trinajstić information content (AvgIpc) is 2.42. The van der Waals surface area contributed by atoms with Gasteiger partial charge < -0.3 is 16.0 Å². The first-order valence-electron chi connectivity index (χ1n) is 6.60. The minimum Gasteiger partial charge on any atom is -0.373 e. The lowest BCUT2D eigenvalue weighted by molar-refractivity contribution is -0.119. The van der Waals surface area contributed by atoms with Gasteiger partial charge in [-0.3, -0.25) is 4.79 Å². The molecule has 0 aromatic carbocycles. The van der Waals surface area contributed by atoms with E-state index in [9.17, 15) is 4.79 Å². The van der Waals surface area contributed by atoms with Gasteiger partial charge in [-0.25, -0.2) is 9.97 Å². The third-order valence-electron chi connectivity index (χ3n) is 2.66. The second-order valence-corrected chi connectivity index (χ2v) is 4.70. The van der Waals surface area contributed by atoms with Crippen LogP contribution in [0.5, 0.6) is 0 Å². The van der Waals surface area contributed by atoms with Crippen LogP contribution < -0.4 is 16.0 Å². The SMILES string of the molecule is CCc1c(NC)ncnc1NCC(=O)NCC(C)C. The van der Waals surface area contributed by atoms with E-state index >= 15 is 0 Å². The molecule has 1 rings (SSSR count). The highest BCUT2D eigenvalue weighted by Crippen LogP contribution is 2.19. The highest BCUT2D eigenvalue weighted by Gasteiger charge is 2.09. The molecule has 6 heteroatoms. The van der Waals surface area contributed by atoms with Gasteiger partial charge in [-0.15, -0.1) is 0 Å². The van der Waals surface area contributed by atoms with Gasteiger partial charge in [0.2, 0.25) is 5.91 Å². The van der Waals surface area contributed by atoms with E-state index < -0.39 is 0 Å². The normalized spacial score (nSPS) is 10.4. The van der Waals surface area contributed by atoms with Crippen molar-refractivity contribution < 1.29 is 4.79 Å². The molecule has 1 aromatic heterocycles. The Morgan fingerprint density at radius 1 is 1.32 bits per heavy atom. The van der Waals surface area contributed by atoms with Crippen LogP contribution in [-0.2, 0) is 11.2 Å². The van der Waals surface area contributed by atoms with Gasteiger partial charge in [-0.2, -0.15) is 0 Å².